The lowest BCUT2D eigenvalue weighted by molar-refractivity contribution is 0.341. The van der Waals surface area contributed by atoms with Crippen LogP contribution < -0.4 is 10.5 Å². The number of aryl methyl sites for hydroxylation is 1. The Labute approximate surface area is 112 Å². The summed E-state index contributed by atoms with van der Waals surface area (Å²) in [5.74, 6) is 0.892. The molecule has 2 aromatic rings. The van der Waals surface area contributed by atoms with E-state index >= 15 is 0 Å². The molecule has 0 amide bonds. The molecule has 2 rings (SSSR count). The Morgan fingerprint density at radius 1 is 1.33 bits per heavy atom. The molecule has 0 saturated heterocycles. The molecule has 0 bridgehead atoms. The lowest BCUT2D eigenvalue weighted by atomic mass is 10.1. The zero-order chi connectivity index (χ0) is 13.0. The molecule has 96 valence electrons. The van der Waals surface area contributed by atoms with Gasteiger partial charge in [-0.25, -0.2) is 4.98 Å². The number of benzene rings is 1. The highest BCUT2D eigenvalue weighted by Crippen LogP contribution is 2.32. The van der Waals surface area contributed by atoms with Gasteiger partial charge in [0.15, 0.2) is 0 Å². The normalized spacial score (nSPS) is 10.6. The molecule has 0 aliphatic heterocycles. The van der Waals surface area contributed by atoms with E-state index < -0.39 is 0 Å². The van der Waals surface area contributed by atoms with E-state index in [2.05, 4.69) is 24.0 Å². The van der Waals surface area contributed by atoms with Gasteiger partial charge < -0.3 is 10.5 Å². The van der Waals surface area contributed by atoms with E-state index in [0.29, 0.717) is 13.2 Å². The lowest BCUT2D eigenvalue weighted by Crippen LogP contribution is -1.97. The summed E-state index contributed by atoms with van der Waals surface area (Å²) in [7, 11) is 0. The monoisotopic (exact) mass is 262 g/mol. The Morgan fingerprint density at radius 2 is 2.17 bits per heavy atom. The first-order valence-electron chi connectivity index (χ1n) is 6.19. The maximum absolute atomic E-state index is 5.67. The molecule has 1 aromatic heterocycles. The zero-order valence-corrected chi connectivity index (χ0v) is 11.6. The van der Waals surface area contributed by atoms with Crippen molar-refractivity contribution in [1.82, 2.24) is 4.98 Å². The van der Waals surface area contributed by atoms with Gasteiger partial charge in [-0.15, -0.1) is 11.3 Å². The van der Waals surface area contributed by atoms with Gasteiger partial charge in [-0.3, -0.25) is 0 Å². The van der Waals surface area contributed by atoms with Crippen LogP contribution in [0.1, 0.15) is 24.4 Å². The number of nitrogens with zero attached hydrogens (tertiary/aromatic N) is 1. The van der Waals surface area contributed by atoms with Gasteiger partial charge in [0.05, 0.1) is 12.3 Å². The molecule has 0 aliphatic rings. The number of nitrogens with two attached hydrogens (primary N) is 1. The number of ether oxygens (including phenoxy) is 1. The fourth-order valence-corrected chi connectivity index (χ4v) is 2.48. The van der Waals surface area contributed by atoms with Gasteiger partial charge in [-0.1, -0.05) is 13.0 Å². The second kappa shape index (κ2) is 5.98. The highest BCUT2D eigenvalue weighted by molar-refractivity contribution is 7.09. The SMILES string of the molecule is CCOc1ccc(CC)cc1-c1csc(CN)n1. The smallest absolute Gasteiger partial charge is 0.128 e. The predicted octanol–water partition coefficient (Wildman–Crippen LogP) is 3.23. The predicted molar refractivity (Wildman–Crippen MR) is 76.0 cm³/mol. The average molecular weight is 262 g/mol. The number of hydrogen-bond donors (Lipinski definition) is 1. The first-order chi connectivity index (χ1) is 8.78. The van der Waals surface area contributed by atoms with E-state index in [4.69, 9.17) is 10.5 Å². The van der Waals surface area contributed by atoms with Crippen LogP contribution in [0, 0.1) is 0 Å². The third-order valence-electron chi connectivity index (χ3n) is 2.75. The van der Waals surface area contributed by atoms with Crippen molar-refractivity contribution >= 4 is 11.3 Å². The molecule has 0 aliphatic carbocycles. The number of thiazole rings is 1. The molecule has 3 nitrogen and oxygen atoms in total. The van der Waals surface area contributed by atoms with Crippen LogP contribution in [0.5, 0.6) is 5.75 Å². The molecule has 0 saturated carbocycles. The molecule has 0 spiro atoms. The minimum Gasteiger partial charge on any atom is -0.493 e. The highest BCUT2D eigenvalue weighted by Gasteiger charge is 2.10. The Balaban J connectivity index is 2.44. The van der Waals surface area contributed by atoms with E-state index in [1.165, 1.54) is 5.56 Å². The maximum atomic E-state index is 5.67. The number of rotatable bonds is 5. The zero-order valence-electron chi connectivity index (χ0n) is 10.8. The van der Waals surface area contributed by atoms with Crippen LogP contribution in [0.15, 0.2) is 23.6 Å². The molecule has 1 aromatic carbocycles. The molecule has 4 heteroatoms. The lowest BCUT2D eigenvalue weighted by Gasteiger charge is -2.10. The van der Waals surface area contributed by atoms with Crippen LogP contribution in [-0.4, -0.2) is 11.6 Å². The van der Waals surface area contributed by atoms with Gasteiger partial charge in [-0.05, 0) is 31.0 Å². The molecule has 0 radical (unpaired) electrons. The summed E-state index contributed by atoms with van der Waals surface area (Å²) in [4.78, 5) is 4.53. The highest BCUT2D eigenvalue weighted by atomic mass is 32.1. The van der Waals surface area contributed by atoms with Crippen LogP contribution in [0.2, 0.25) is 0 Å². The Bertz CT molecular complexity index is 522. The Morgan fingerprint density at radius 3 is 2.78 bits per heavy atom. The van der Waals surface area contributed by atoms with Gasteiger partial charge in [-0.2, -0.15) is 0 Å². The topological polar surface area (TPSA) is 48.1 Å². The summed E-state index contributed by atoms with van der Waals surface area (Å²) >= 11 is 1.59. The van der Waals surface area contributed by atoms with Crippen molar-refractivity contribution in [3.05, 3.63) is 34.2 Å². The van der Waals surface area contributed by atoms with Crippen molar-refractivity contribution in [2.45, 2.75) is 26.8 Å². The summed E-state index contributed by atoms with van der Waals surface area (Å²) in [6.45, 7) is 5.28. The van der Waals surface area contributed by atoms with Gasteiger partial charge >= 0.3 is 0 Å². The van der Waals surface area contributed by atoms with E-state index in [9.17, 15) is 0 Å². The van der Waals surface area contributed by atoms with Crippen LogP contribution in [-0.2, 0) is 13.0 Å². The van der Waals surface area contributed by atoms with E-state index in [1.54, 1.807) is 11.3 Å². The van der Waals surface area contributed by atoms with Crippen LogP contribution in [0.25, 0.3) is 11.3 Å². The molecule has 2 N–H and O–H groups in total. The van der Waals surface area contributed by atoms with Crippen LogP contribution in [0.3, 0.4) is 0 Å². The minimum atomic E-state index is 0.488. The second-order valence-electron chi connectivity index (χ2n) is 3.95. The first-order valence-corrected chi connectivity index (χ1v) is 7.07. The van der Waals surface area contributed by atoms with Gasteiger partial charge in [0, 0.05) is 17.5 Å². The summed E-state index contributed by atoms with van der Waals surface area (Å²) in [6.07, 6.45) is 1.01. The second-order valence-corrected chi connectivity index (χ2v) is 4.89. The minimum absolute atomic E-state index is 0.488. The molecule has 0 fully saturated rings. The maximum Gasteiger partial charge on any atom is 0.128 e. The van der Waals surface area contributed by atoms with Crippen molar-refractivity contribution in [1.29, 1.82) is 0 Å². The molecular formula is C14H18N2OS. The number of aromatic nitrogens is 1. The molecule has 0 atom stereocenters. The third kappa shape index (κ3) is 2.71. The van der Waals surface area contributed by atoms with Crippen molar-refractivity contribution < 1.29 is 4.74 Å². The van der Waals surface area contributed by atoms with Crippen molar-refractivity contribution in [2.75, 3.05) is 6.61 Å². The molecule has 18 heavy (non-hydrogen) atoms. The Hall–Kier alpha value is -1.39. The van der Waals surface area contributed by atoms with Gasteiger partial charge in [0.2, 0.25) is 0 Å². The summed E-state index contributed by atoms with van der Waals surface area (Å²) in [5, 5.41) is 2.99. The van der Waals surface area contributed by atoms with Crippen LogP contribution >= 0.6 is 11.3 Å². The van der Waals surface area contributed by atoms with Crippen LogP contribution in [0.4, 0.5) is 0 Å². The fourth-order valence-electron chi connectivity index (χ4n) is 1.81. The molecular weight excluding hydrogens is 244 g/mol. The third-order valence-corrected chi connectivity index (χ3v) is 3.63. The van der Waals surface area contributed by atoms with Gasteiger partial charge in [0.25, 0.3) is 0 Å². The summed E-state index contributed by atoms with van der Waals surface area (Å²) in [6, 6.07) is 6.28. The largest absolute Gasteiger partial charge is 0.493 e. The summed E-state index contributed by atoms with van der Waals surface area (Å²) in [5.41, 5.74) is 8.92. The number of hydrogen-bond acceptors (Lipinski definition) is 4. The van der Waals surface area contributed by atoms with Crippen molar-refractivity contribution in [3.63, 3.8) is 0 Å². The van der Waals surface area contributed by atoms with Crippen molar-refractivity contribution in [2.24, 2.45) is 5.73 Å². The average Bonchev–Trinajstić information content (AvgIpc) is 2.88. The standard InChI is InChI=1S/C14H18N2OS/c1-3-10-5-6-13(17-4-2)11(7-10)12-9-18-14(8-15)16-12/h5-7,9H,3-4,8,15H2,1-2H3. The van der Waals surface area contributed by atoms with E-state index in [-0.39, 0.29) is 0 Å². The van der Waals surface area contributed by atoms with Crippen molar-refractivity contribution in [3.8, 4) is 17.0 Å². The fraction of sp³-hybridized carbons (Fsp3) is 0.357. The van der Waals surface area contributed by atoms with E-state index in [1.807, 2.05) is 18.4 Å². The molecule has 1 heterocycles. The Kier molecular flexibility index (Phi) is 4.33. The summed E-state index contributed by atoms with van der Waals surface area (Å²) < 4.78 is 5.67. The first kappa shape index (κ1) is 13.1. The van der Waals surface area contributed by atoms with Gasteiger partial charge in [0.1, 0.15) is 10.8 Å². The van der Waals surface area contributed by atoms with E-state index in [0.717, 1.165) is 28.4 Å². The molecule has 0 unspecified atom stereocenters. The quantitative estimate of drug-likeness (QED) is 0.900.